The van der Waals surface area contributed by atoms with E-state index in [1.807, 2.05) is 43.3 Å². The number of carboxylic acids is 2. The molecule has 0 saturated heterocycles. The molecular weight excluding hydrogens is 392 g/mol. The number of carboxylic acid groups (broad SMARTS) is 2. The molecule has 5 rings (SSSR count). The van der Waals surface area contributed by atoms with Gasteiger partial charge in [-0.2, -0.15) is 0 Å². The van der Waals surface area contributed by atoms with Gasteiger partial charge in [0.15, 0.2) is 5.78 Å². The summed E-state index contributed by atoms with van der Waals surface area (Å²) in [6.07, 6.45) is 0. The minimum absolute atomic E-state index is 0.192. The summed E-state index contributed by atoms with van der Waals surface area (Å²) in [5.74, 6) is -5.74. The van der Waals surface area contributed by atoms with E-state index < -0.39 is 35.6 Å². The molecule has 2 aliphatic rings. The van der Waals surface area contributed by atoms with Crippen LogP contribution < -0.4 is 0 Å². The topological polar surface area (TPSA) is 91.7 Å². The molecule has 2 N–H and O–H groups in total. The first-order valence-electron chi connectivity index (χ1n) is 10.2. The van der Waals surface area contributed by atoms with Crippen molar-refractivity contribution in [2.45, 2.75) is 18.8 Å². The third-order valence-corrected chi connectivity index (χ3v) is 6.72. The largest absolute Gasteiger partial charge is 0.481 e. The van der Waals surface area contributed by atoms with E-state index >= 15 is 0 Å². The number of fused-ring (bicyclic) bond motifs is 5. The van der Waals surface area contributed by atoms with Crippen LogP contribution in [0.2, 0.25) is 0 Å². The third-order valence-electron chi connectivity index (χ3n) is 6.72. The molecule has 0 heterocycles. The number of ketones is 1. The van der Waals surface area contributed by atoms with E-state index in [1.54, 1.807) is 30.3 Å². The van der Waals surface area contributed by atoms with Gasteiger partial charge in [0.05, 0.1) is 11.8 Å². The summed E-state index contributed by atoms with van der Waals surface area (Å²) in [5, 5.41) is 19.6. The van der Waals surface area contributed by atoms with Crippen LogP contribution in [0.25, 0.3) is 11.1 Å². The van der Waals surface area contributed by atoms with Gasteiger partial charge < -0.3 is 10.2 Å². The zero-order valence-electron chi connectivity index (χ0n) is 16.8. The predicted octanol–water partition coefficient (Wildman–Crippen LogP) is 4.49. The standard InChI is InChI=1S/C26H20O5/c1-13-6-8-14(9-7-13)15-10-11-17-19(12-15)24(27)18-5-3-2-4-16(18)20-21(17)23(26(30)31)22(20)25(28)29/h2-12,20-23H,1H3,(H,28,29)(H,30,31)/t20-,21+,22-,23+/m0/s1. The lowest BCUT2D eigenvalue weighted by atomic mass is 9.52. The number of carbonyl (C=O) groups excluding carboxylic acids is 1. The predicted molar refractivity (Wildman–Crippen MR) is 114 cm³/mol. The second-order valence-electron chi connectivity index (χ2n) is 8.36. The fraction of sp³-hybridized carbons (Fsp3) is 0.192. The summed E-state index contributed by atoms with van der Waals surface area (Å²) in [5.41, 5.74) is 5.10. The van der Waals surface area contributed by atoms with Gasteiger partial charge in [-0.05, 0) is 35.2 Å². The van der Waals surface area contributed by atoms with Gasteiger partial charge in [0, 0.05) is 23.0 Å². The Morgan fingerprint density at radius 1 is 0.710 bits per heavy atom. The fourth-order valence-electron chi connectivity index (χ4n) is 5.24. The number of aryl methyl sites for hydroxylation is 1. The van der Waals surface area contributed by atoms with Crippen LogP contribution in [-0.2, 0) is 9.59 Å². The van der Waals surface area contributed by atoms with Crippen molar-refractivity contribution in [2.75, 3.05) is 0 Å². The molecule has 154 valence electrons. The Balaban J connectivity index is 1.73. The molecule has 4 atom stereocenters. The van der Waals surface area contributed by atoms with Gasteiger partial charge in [0.2, 0.25) is 0 Å². The lowest BCUT2D eigenvalue weighted by Crippen LogP contribution is -2.51. The van der Waals surface area contributed by atoms with Crippen molar-refractivity contribution >= 4 is 17.7 Å². The molecule has 0 aliphatic heterocycles. The Morgan fingerprint density at radius 3 is 1.87 bits per heavy atom. The maximum Gasteiger partial charge on any atom is 0.308 e. The molecule has 1 fully saturated rings. The van der Waals surface area contributed by atoms with Crippen molar-refractivity contribution in [3.05, 3.63) is 94.5 Å². The Morgan fingerprint density at radius 2 is 1.26 bits per heavy atom. The molecule has 0 amide bonds. The molecule has 0 aromatic heterocycles. The van der Waals surface area contributed by atoms with Gasteiger partial charge in [-0.3, -0.25) is 14.4 Å². The van der Waals surface area contributed by atoms with Crippen LogP contribution in [-0.4, -0.2) is 27.9 Å². The van der Waals surface area contributed by atoms with Crippen LogP contribution in [0.4, 0.5) is 0 Å². The lowest BCUT2D eigenvalue weighted by Gasteiger charge is -2.48. The molecule has 0 radical (unpaired) electrons. The summed E-state index contributed by atoms with van der Waals surface area (Å²) >= 11 is 0. The van der Waals surface area contributed by atoms with E-state index in [0.717, 1.165) is 16.7 Å². The van der Waals surface area contributed by atoms with Crippen molar-refractivity contribution in [1.82, 2.24) is 0 Å². The van der Waals surface area contributed by atoms with E-state index in [4.69, 9.17) is 0 Å². The summed E-state index contributed by atoms with van der Waals surface area (Å²) < 4.78 is 0. The number of aliphatic carboxylic acids is 2. The first-order valence-corrected chi connectivity index (χ1v) is 10.2. The fourth-order valence-corrected chi connectivity index (χ4v) is 5.24. The van der Waals surface area contributed by atoms with Gasteiger partial charge in [-0.1, -0.05) is 66.2 Å². The number of hydrogen-bond acceptors (Lipinski definition) is 3. The van der Waals surface area contributed by atoms with Crippen LogP contribution >= 0.6 is 0 Å². The van der Waals surface area contributed by atoms with Crippen LogP contribution in [0.15, 0.2) is 66.7 Å². The third kappa shape index (κ3) is 2.81. The van der Waals surface area contributed by atoms with Gasteiger partial charge in [-0.15, -0.1) is 0 Å². The molecule has 1 saturated carbocycles. The van der Waals surface area contributed by atoms with Gasteiger partial charge in [-0.25, -0.2) is 0 Å². The van der Waals surface area contributed by atoms with E-state index in [0.29, 0.717) is 22.3 Å². The van der Waals surface area contributed by atoms with Crippen LogP contribution in [0.3, 0.4) is 0 Å². The van der Waals surface area contributed by atoms with E-state index in [9.17, 15) is 24.6 Å². The normalized spacial score (nSPS) is 23.6. The molecule has 2 aliphatic carbocycles. The lowest BCUT2D eigenvalue weighted by molar-refractivity contribution is -0.164. The summed E-state index contributed by atoms with van der Waals surface area (Å²) in [6, 6.07) is 20.5. The summed E-state index contributed by atoms with van der Waals surface area (Å²) in [4.78, 5) is 37.6. The SMILES string of the molecule is Cc1ccc(-c2ccc3c(c2)C(=O)c2ccccc2[C@@H]2[C@H](C(=O)O)[C@H](C(=O)O)[C@H]32)cc1. The van der Waals surface area contributed by atoms with Gasteiger partial charge >= 0.3 is 11.9 Å². The maximum atomic E-state index is 13.5. The number of benzene rings is 3. The molecule has 5 heteroatoms. The van der Waals surface area contributed by atoms with E-state index in [2.05, 4.69) is 0 Å². The Labute approximate surface area is 179 Å². The van der Waals surface area contributed by atoms with Gasteiger partial charge in [0.1, 0.15) is 0 Å². The maximum absolute atomic E-state index is 13.5. The van der Waals surface area contributed by atoms with Crippen LogP contribution in [0.1, 0.15) is 44.4 Å². The van der Waals surface area contributed by atoms with Crippen LogP contribution in [0.5, 0.6) is 0 Å². The van der Waals surface area contributed by atoms with Gasteiger partial charge in [0.25, 0.3) is 0 Å². The first-order chi connectivity index (χ1) is 14.9. The Bertz CT molecular complexity index is 1240. The first kappa shape index (κ1) is 19.2. The number of hydrogen-bond donors (Lipinski definition) is 2. The van der Waals surface area contributed by atoms with Crippen molar-refractivity contribution in [1.29, 1.82) is 0 Å². The highest BCUT2D eigenvalue weighted by Crippen LogP contribution is 2.60. The summed E-state index contributed by atoms with van der Waals surface area (Å²) in [7, 11) is 0. The van der Waals surface area contributed by atoms with Crippen LogP contribution in [0, 0.1) is 18.8 Å². The van der Waals surface area contributed by atoms with Crippen molar-refractivity contribution in [3.63, 3.8) is 0 Å². The molecule has 0 spiro atoms. The summed E-state index contributed by atoms with van der Waals surface area (Å²) in [6.45, 7) is 2.00. The smallest absolute Gasteiger partial charge is 0.308 e. The average molecular weight is 412 g/mol. The molecule has 31 heavy (non-hydrogen) atoms. The van der Waals surface area contributed by atoms with Crippen molar-refractivity contribution < 1.29 is 24.6 Å². The highest BCUT2D eigenvalue weighted by Gasteiger charge is 2.60. The zero-order chi connectivity index (χ0) is 21.9. The second-order valence-corrected chi connectivity index (χ2v) is 8.36. The van der Waals surface area contributed by atoms with E-state index in [-0.39, 0.29) is 5.78 Å². The number of carbonyl (C=O) groups is 3. The Hall–Kier alpha value is -3.73. The van der Waals surface area contributed by atoms with E-state index in [1.165, 1.54) is 0 Å². The number of rotatable bonds is 3. The average Bonchev–Trinajstić information content (AvgIpc) is 2.80. The monoisotopic (exact) mass is 412 g/mol. The molecule has 3 aromatic carbocycles. The molecular formula is C26H20O5. The van der Waals surface area contributed by atoms with Crippen molar-refractivity contribution in [3.8, 4) is 11.1 Å². The highest BCUT2D eigenvalue weighted by atomic mass is 16.4. The zero-order valence-corrected chi connectivity index (χ0v) is 16.8. The second kappa shape index (κ2) is 6.91. The molecule has 0 bridgehead atoms. The highest BCUT2D eigenvalue weighted by molar-refractivity contribution is 6.13. The minimum atomic E-state index is -1.14. The molecule has 0 unspecified atom stereocenters. The quantitative estimate of drug-likeness (QED) is 0.661. The minimum Gasteiger partial charge on any atom is -0.481 e. The molecule has 5 nitrogen and oxygen atoms in total. The van der Waals surface area contributed by atoms with Crippen molar-refractivity contribution in [2.24, 2.45) is 11.8 Å². The molecule has 3 aromatic rings. The Kier molecular flexibility index (Phi) is 4.29.